The molecule has 3 N–H and O–H groups in total. The predicted molar refractivity (Wildman–Crippen MR) is 90.8 cm³/mol. The molecule has 0 heterocycles. The van der Waals surface area contributed by atoms with E-state index in [1.807, 2.05) is 12.1 Å². The first-order valence-corrected chi connectivity index (χ1v) is 8.85. The van der Waals surface area contributed by atoms with Gasteiger partial charge in [-0.05, 0) is 86.6 Å². The number of hydrogen-bond donors (Lipinski definition) is 2. The number of benzene rings is 1. The summed E-state index contributed by atoms with van der Waals surface area (Å²) in [5.74, 6) is 4.59. The van der Waals surface area contributed by atoms with E-state index >= 15 is 0 Å². The third kappa shape index (κ3) is 3.47. The molecule has 0 radical (unpaired) electrons. The summed E-state index contributed by atoms with van der Waals surface area (Å²) in [5.41, 5.74) is 7.33. The average Bonchev–Trinajstić information content (AvgIpc) is 3.16. The van der Waals surface area contributed by atoms with Crippen molar-refractivity contribution in [1.82, 2.24) is 5.32 Å². The molecule has 3 nitrogen and oxygen atoms in total. The van der Waals surface area contributed by atoms with E-state index in [2.05, 4.69) is 17.4 Å². The Hall–Kier alpha value is -1.06. The monoisotopic (exact) mass is 302 g/mol. The van der Waals surface area contributed by atoms with Crippen LogP contribution < -0.4 is 15.8 Å². The second-order valence-electron chi connectivity index (χ2n) is 7.06. The minimum atomic E-state index is 0.820. The highest BCUT2D eigenvalue weighted by atomic mass is 16.5. The topological polar surface area (TPSA) is 47.3 Å². The molecule has 2 bridgehead atoms. The van der Waals surface area contributed by atoms with Gasteiger partial charge in [0.15, 0.2) is 0 Å². The average molecular weight is 302 g/mol. The largest absolute Gasteiger partial charge is 0.497 e. The molecule has 4 atom stereocenters. The van der Waals surface area contributed by atoms with Gasteiger partial charge in [0.2, 0.25) is 0 Å². The maximum atomic E-state index is 6.01. The van der Waals surface area contributed by atoms with Gasteiger partial charge < -0.3 is 15.8 Å². The predicted octanol–water partition coefficient (Wildman–Crippen LogP) is 3.19. The maximum Gasteiger partial charge on any atom is 0.118 e. The number of ether oxygens (including phenoxy) is 1. The molecule has 4 unspecified atom stereocenters. The van der Waals surface area contributed by atoms with Gasteiger partial charge in [0.25, 0.3) is 0 Å². The summed E-state index contributed by atoms with van der Waals surface area (Å²) in [4.78, 5) is 0. The molecular weight excluding hydrogens is 272 g/mol. The molecule has 1 aromatic rings. The standard InChI is InChI=1S/C19H30N2O/c1-22-17-8-4-14(5-9-17)13-21-10-2-3-18-15-6-7-16(11-15)19(18)12-20/h4-5,8-9,15-16,18-19,21H,2-3,6-7,10-13,20H2,1H3. The van der Waals surface area contributed by atoms with E-state index in [-0.39, 0.29) is 0 Å². The molecule has 0 spiro atoms. The Kier molecular flexibility index (Phi) is 5.37. The molecule has 22 heavy (non-hydrogen) atoms. The van der Waals surface area contributed by atoms with Gasteiger partial charge in [0, 0.05) is 6.54 Å². The summed E-state index contributed by atoms with van der Waals surface area (Å²) in [5, 5.41) is 3.57. The van der Waals surface area contributed by atoms with Gasteiger partial charge in [0.05, 0.1) is 7.11 Å². The van der Waals surface area contributed by atoms with Gasteiger partial charge in [-0.2, -0.15) is 0 Å². The first-order valence-electron chi connectivity index (χ1n) is 8.85. The fourth-order valence-electron chi connectivity index (χ4n) is 4.79. The highest BCUT2D eigenvalue weighted by Gasteiger charge is 2.45. The van der Waals surface area contributed by atoms with Crippen LogP contribution in [0.15, 0.2) is 24.3 Å². The van der Waals surface area contributed by atoms with Crippen LogP contribution >= 0.6 is 0 Å². The summed E-state index contributed by atoms with van der Waals surface area (Å²) < 4.78 is 5.18. The summed E-state index contributed by atoms with van der Waals surface area (Å²) >= 11 is 0. The van der Waals surface area contributed by atoms with Crippen LogP contribution in [0.5, 0.6) is 5.75 Å². The van der Waals surface area contributed by atoms with Crippen LogP contribution in [0.3, 0.4) is 0 Å². The van der Waals surface area contributed by atoms with Gasteiger partial charge >= 0.3 is 0 Å². The minimum Gasteiger partial charge on any atom is -0.497 e. The Balaban J connectivity index is 1.35. The molecule has 0 saturated heterocycles. The number of rotatable bonds is 8. The van der Waals surface area contributed by atoms with Gasteiger partial charge in [-0.1, -0.05) is 12.1 Å². The van der Waals surface area contributed by atoms with Crippen LogP contribution in [-0.2, 0) is 6.54 Å². The van der Waals surface area contributed by atoms with Gasteiger partial charge in [0.1, 0.15) is 5.75 Å². The molecule has 3 rings (SSSR count). The van der Waals surface area contributed by atoms with E-state index in [1.165, 1.54) is 37.7 Å². The number of nitrogens with two attached hydrogens (primary N) is 1. The van der Waals surface area contributed by atoms with E-state index < -0.39 is 0 Å². The highest BCUT2D eigenvalue weighted by molar-refractivity contribution is 5.26. The van der Waals surface area contributed by atoms with Crippen molar-refractivity contribution in [3.05, 3.63) is 29.8 Å². The van der Waals surface area contributed by atoms with Gasteiger partial charge in [-0.25, -0.2) is 0 Å². The lowest BCUT2D eigenvalue weighted by atomic mass is 9.77. The van der Waals surface area contributed by atoms with E-state index in [0.717, 1.165) is 49.1 Å². The Labute approximate surface area is 134 Å². The maximum absolute atomic E-state index is 6.01. The molecule has 0 aromatic heterocycles. The number of fused-ring (bicyclic) bond motifs is 2. The van der Waals surface area contributed by atoms with Crippen molar-refractivity contribution in [1.29, 1.82) is 0 Å². The molecule has 3 heteroatoms. The summed E-state index contributed by atoms with van der Waals surface area (Å²) in [6, 6.07) is 8.31. The molecule has 2 aliphatic rings. The third-order valence-corrected chi connectivity index (χ3v) is 5.93. The number of methoxy groups -OCH3 is 1. The lowest BCUT2D eigenvalue weighted by molar-refractivity contribution is 0.210. The second kappa shape index (κ2) is 7.47. The lowest BCUT2D eigenvalue weighted by Gasteiger charge is -2.30. The Morgan fingerprint density at radius 3 is 2.55 bits per heavy atom. The zero-order chi connectivity index (χ0) is 15.4. The molecule has 2 fully saturated rings. The quantitative estimate of drug-likeness (QED) is 0.725. The van der Waals surface area contributed by atoms with Crippen molar-refractivity contribution >= 4 is 0 Å². The number of hydrogen-bond acceptors (Lipinski definition) is 3. The summed E-state index contributed by atoms with van der Waals surface area (Å²) in [6.45, 7) is 2.96. The summed E-state index contributed by atoms with van der Waals surface area (Å²) in [6.07, 6.45) is 7.01. The fourth-order valence-corrected chi connectivity index (χ4v) is 4.79. The van der Waals surface area contributed by atoms with Gasteiger partial charge in [-0.3, -0.25) is 0 Å². The first-order chi connectivity index (χ1) is 10.8. The third-order valence-electron chi connectivity index (χ3n) is 5.93. The van der Waals surface area contributed by atoms with E-state index in [4.69, 9.17) is 10.5 Å². The highest BCUT2D eigenvalue weighted by Crippen LogP contribution is 2.53. The van der Waals surface area contributed by atoms with Crippen molar-refractivity contribution in [3.63, 3.8) is 0 Å². The van der Waals surface area contributed by atoms with E-state index in [9.17, 15) is 0 Å². The zero-order valence-corrected chi connectivity index (χ0v) is 13.8. The second-order valence-corrected chi connectivity index (χ2v) is 7.06. The fraction of sp³-hybridized carbons (Fsp3) is 0.684. The van der Waals surface area contributed by atoms with Crippen LogP contribution in [-0.4, -0.2) is 20.2 Å². The van der Waals surface area contributed by atoms with Crippen LogP contribution in [0.4, 0.5) is 0 Å². The Morgan fingerprint density at radius 1 is 1.14 bits per heavy atom. The smallest absolute Gasteiger partial charge is 0.118 e. The Bertz CT molecular complexity index is 459. The van der Waals surface area contributed by atoms with Crippen LogP contribution in [0.2, 0.25) is 0 Å². The number of nitrogens with one attached hydrogen (secondary N) is 1. The zero-order valence-electron chi connectivity index (χ0n) is 13.8. The lowest BCUT2D eigenvalue weighted by Crippen LogP contribution is -2.29. The van der Waals surface area contributed by atoms with E-state index in [0.29, 0.717) is 0 Å². The molecule has 0 amide bonds. The SMILES string of the molecule is COc1ccc(CNCCCC2C3CCC(C3)C2CN)cc1. The van der Waals surface area contributed by atoms with Crippen molar-refractivity contribution in [2.24, 2.45) is 29.4 Å². The van der Waals surface area contributed by atoms with Crippen LogP contribution in [0, 0.1) is 23.7 Å². The van der Waals surface area contributed by atoms with Crippen LogP contribution in [0.1, 0.15) is 37.7 Å². The minimum absolute atomic E-state index is 0.820. The molecular formula is C19H30N2O. The molecule has 0 aliphatic heterocycles. The normalized spacial score (nSPS) is 29.9. The molecule has 2 saturated carbocycles. The summed E-state index contributed by atoms with van der Waals surface area (Å²) in [7, 11) is 1.71. The van der Waals surface area contributed by atoms with Crippen molar-refractivity contribution in [2.75, 3.05) is 20.2 Å². The molecule has 122 valence electrons. The van der Waals surface area contributed by atoms with Crippen molar-refractivity contribution < 1.29 is 4.74 Å². The van der Waals surface area contributed by atoms with Crippen molar-refractivity contribution in [2.45, 2.75) is 38.6 Å². The molecule has 2 aliphatic carbocycles. The molecule has 1 aromatic carbocycles. The van der Waals surface area contributed by atoms with Crippen molar-refractivity contribution in [3.8, 4) is 5.75 Å². The van der Waals surface area contributed by atoms with Crippen LogP contribution in [0.25, 0.3) is 0 Å². The van der Waals surface area contributed by atoms with E-state index in [1.54, 1.807) is 7.11 Å². The Morgan fingerprint density at radius 2 is 1.86 bits per heavy atom. The first kappa shape index (κ1) is 15.8. The van der Waals surface area contributed by atoms with Gasteiger partial charge in [-0.15, -0.1) is 0 Å².